The van der Waals surface area contributed by atoms with Gasteiger partial charge in [-0.05, 0) is 0 Å². The van der Waals surface area contributed by atoms with Crippen molar-refractivity contribution in [2.24, 2.45) is 0 Å². The van der Waals surface area contributed by atoms with Gasteiger partial charge in [0.2, 0.25) is 0 Å². The fourth-order valence-electron chi connectivity index (χ4n) is 1.44. The molecule has 15 heavy (non-hydrogen) atoms. The number of hydrogen-bond donors (Lipinski definition) is 1. The van der Waals surface area contributed by atoms with Crippen molar-refractivity contribution in [2.45, 2.75) is 19.8 Å². The van der Waals surface area contributed by atoms with Crippen LogP contribution in [0.2, 0.25) is 0 Å². The molecule has 0 aliphatic heterocycles. The smallest absolute Gasteiger partial charge is 0.183 e. The first-order valence-corrected chi connectivity index (χ1v) is 4.96. The second-order valence-corrected chi connectivity index (χ2v) is 3.76. The number of hydrogen-bond acceptors (Lipinski definition) is 3. The molecule has 0 aliphatic rings. The maximum absolute atomic E-state index is 5.72. The van der Waals surface area contributed by atoms with Crippen LogP contribution in [-0.4, -0.2) is 14.9 Å². The zero-order chi connectivity index (χ0) is 10.8. The molecule has 0 aliphatic carbocycles. The van der Waals surface area contributed by atoms with Gasteiger partial charge in [0.15, 0.2) is 11.6 Å². The van der Waals surface area contributed by atoms with Crippen molar-refractivity contribution in [2.75, 3.05) is 5.84 Å². The summed E-state index contributed by atoms with van der Waals surface area (Å²) in [5.41, 5.74) is 0.989. The number of nitrogens with zero attached hydrogens (tertiary/aromatic N) is 3. The van der Waals surface area contributed by atoms with Gasteiger partial charge in [-0.2, -0.15) is 4.79 Å². The van der Waals surface area contributed by atoms with Crippen LogP contribution < -0.4 is 5.84 Å². The average molecular weight is 202 g/mol. The van der Waals surface area contributed by atoms with Gasteiger partial charge in [-0.15, -0.1) is 5.10 Å². The van der Waals surface area contributed by atoms with Crippen molar-refractivity contribution in [1.29, 1.82) is 0 Å². The number of nitrogen functional groups attached to an aromatic ring is 1. The average Bonchev–Trinajstić information content (AvgIpc) is 2.62. The molecule has 1 aromatic heterocycles. The molecule has 0 saturated carbocycles. The summed E-state index contributed by atoms with van der Waals surface area (Å²) in [7, 11) is 0. The molecule has 0 bridgehead atoms. The molecule has 4 heteroatoms. The van der Waals surface area contributed by atoms with Gasteiger partial charge in [0, 0.05) is 11.5 Å². The van der Waals surface area contributed by atoms with E-state index in [2.05, 4.69) is 10.1 Å². The number of nitrogens with two attached hydrogens (primary N) is 1. The Morgan fingerprint density at radius 2 is 1.87 bits per heavy atom. The molecule has 2 aromatic rings. The fourth-order valence-corrected chi connectivity index (χ4v) is 1.44. The standard InChI is InChI=1S/C11H14N4/c1-8(2)11-13-10(14-15(11)12)9-6-4-3-5-7-9/h3-8H,12H2,1-2H3. The minimum atomic E-state index is 0.278. The SMILES string of the molecule is CC(C)c1nc(-c2ccccc2)nn1N. The molecule has 1 heterocycles. The molecule has 0 unspecified atom stereocenters. The minimum Gasteiger partial charge on any atom is -0.321 e. The highest BCUT2D eigenvalue weighted by Crippen LogP contribution is 2.17. The lowest BCUT2D eigenvalue weighted by atomic mass is 10.2. The van der Waals surface area contributed by atoms with E-state index in [0.717, 1.165) is 11.4 Å². The Hall–Kier alpha value is -1.84. The van der Waals surface area contributed by atoms with E-state index < -0.39 is 0 Å². The zero-order valence-electron chi connectivity index (χ0n) is 8.88. The van der Waals surface area contributed by atoms with Crippen molar-refractivity contribution in [3.05, 3.63) is 36.2 Å². The topological polar surface area (TPSA) is 56.7 Å². The lowest BCUT2D eigenvalue weighted by Gasteiger charge is -2.00. The van der Waals surface area contributed by atoms with Gasteiger partial charge < -0.3 is 5.84 Å². The van der Waals surface area contributed by atoms with E-state index in [1.54, 1.807) is 0 Å². The monoisotopic (exact) mass is 202 g/mol. The first-order chi connectivity index (χ1) is 7.18. The third-order valence-corrected chi connectivity index (χ3v) is 2.21. The van der Waals surface area contributed by atoms with Gasteiger partial charge in [0.1, 0.15) is 0 Å². The maximum Gasteiger partial charge on any atom is 0.183 e. The van der Waals surface area contributed by atoms with Crippen molar-refractivity contribution in [3.63, 3.8) is 0 Å². The van der Waals surface area contributed by atoms with Crippen LogP contribution in [-0.2, 0) is 0 Å². The van der Waals surface area contributed by atoms with E-state index in [0.29, 0.717) is 5.82 Å². The molecular weight excluding hydrogens is 188 g/mol. The van der Waals surface area contributed by atoms with Crippen LogP contribution in [0, 0.1) is 0 Å². The zero-order valence-corrected chi connectivity index (χ0v) is 8.88. The second-order valence-electron chi connectivity index (χ2n) is 3.76. The highest BCUT2D eigenvalue weighted by atomic mass is 15.5. The Kier molecular flexibility index (Phi) is 2.41. The molecule has 0 radical (unpaired) electrons. The highest BCUT2D eigenvalue weighted by Gasteiger charge is 2.11. The number of benzene rings is 1. The van der Waals surface area contributed by atoms with Crippen LogP contribution >= 0.6 is 0 Å². The Bertz CT molecular complexity index is 445. The normalized spacial score (nSPS) is 10.9. The molecule has 0 saturated heterocycles. The molecule has 2 rings (SSSR count). The summed E-state index contributed by atoms with van der Waals surface area (Å²) in [5.74, 6) is 7.48. The van der Waals surface area contributed by atoms with E-state index in [4.69, 9.17) is 5.84 Å². The number of aromatic nitrogens is 3. The number of rotatable bonds is 2. The van der Waals surface area contributed by atoms with Crippen LogP contribution in [0.3, 0.4) is 0 Å². The van der Waals surface area contributed by atoms with E-state index in [1.807, 2.05) is 44.2 Å². The van der Waals surface area contributed by atoms with Gasteiger partial charge in [-0.1, -0.05) is 44.2 Å². The predicted octanol–water partition coefficient (Wildman–Crippen LogP) is 1.78. The predicted molar refractivity (Wildman–Crippen MR) is 59.7 cm³/mol. The third-order valence-electron chi connectivity index (χ3n) is 2.21. The van der Waals surface area contributed by atoms with E-state index in [-0.39, 0.29) is 5.92 Å². The van der Waals surface area contributed by atoms with E-state index >= 15 is 0 Å². The summed E-state index contributed by atoms with van der Waals surface area (Å²) < 4.78 is 0. The molecule has 0 atom stereocenters. The summed E-state index contributed by atoms with van der Waals surface area (Å²) >= 11 is 0. The summed E-state index contributed by atoms with van der Waals surface area (Å²) in [6, 6.07) is 9.83. The van der Waals surface area contributed by atoms with Crippen LogP contribution in [0.25, 0.3) is 11.4 Å². The van der Waals surface area contributed by atoms with Crippen LogP contribution in [0.15, 0.2) is 30.3 Å². The molecule has 2 N–H and O–H groups in total. The molecule has 0 spiro atoms. The Balaban J connectivity index is 2.43. The van der Waals surface area contributed by atoms with Gasteiger partial charge in [0.05, 0.1) is 0 Å². The maximum atomic E-state index is 5.72. The lowest BCUT2D eigenvalue weighted by Crippen LogP contribution is -2.15. The fraction of sp³-hybridized carbons (Fsp3) is 0.273. The van der Waals surface area contributed by atoms with Crippen molar-refractivity contribution < 1.29 is 0 Å². The first kappa shape index (κ1) is 9.71. The molecule has 1 aromatic carbocycles. The van der Waals surface area contributed by atoms with Crippen molar-refractivity contribution in [1.82, 2.24) is 14.9 Å². The molecule has 0 amide bonds. The lowest BCUT2D eigenvalue weighted by molar-refractivity contribution is 0.690. The Morgan fingerprint density at radius 1 is 1.20 bits per heavy atom. The van der Waals surface area contributed by atoms with Crippen molar-refractivity contribution >= 4 is 0 Å². The molecule has 0 fully saturated rings. The summed E-state index contributed by atoms with van der Waals surface area (Å²) in [5, 5.41) is 4.19. The van der Waals surface area contributed by atoms with E-state index in [9.17, 15) is 0 Å². The molecule has 4 nitrogen and oxygen atoms in total. The van der Waals surface area contributed by atoms with Gasteiger partial charge in [-0.25, -0.2) is 4.98 Å². The first-order valence-electron chi connectivity index (χ1n) is 4.96. The van der Waals surface area contributed by atoms with Crippen LogP contribution in [0.1, 0.15) is 25.6 Å². The van der Waals surface area contributed by atoms with Gasteiger partial charge in [-0.3, -0.25) is 0 Å². The minimum absolute atomic E-state index is 0.278. The molecule has 78 valence electrons. The van der Waals surface area contributed by atoms with Crippen LogP contribution in [0.5, 0.6) is 0 Å². The second kappa shape index (κ2) is 3.73. The Morgan fingerprint density at radius 3 is 2.40 bits per heavy atom. The third kappa shape index (κ3) is 1.83. The van der Waals surface area contributed by atoms with E-state index in [1.165, 1.54) is 4.79 Å². The van der Waals surface area contributed by atoms with Gasteiger partial charge >= 0.3 is 0 Å². The summed E-state index contributed by atoms with van der Waals surface area (Å²) in [6.07, 6.45) is 0. The van der Waals surface area contributed by atoms with Crippen LogP contribution in [0.4, 0.5) is 0 Å². The largest absolute Gasteiger partial charge is 0.321 e. The quantitative estimate of drug-likeness (QED) is 0.755. The van der Waals surface area contributed by atoms with Crippen molar-refractivity contribution in [3.8, 4) is 11.4 Å². The van der Waals surface area contributed by atoms with Gasteiger partial charge in [0.25, 0.3) is 0 Å². The highest BCUT2D eigenvalue weighted by molar-refractivity contribution is 5.54. The summed E-state index contributed by atoms with van der Waals surface area (Å²) in [6.45, 7) is 4.09. The molecular formula is C11H14N4. The Labute approximate surface area is 88.7 Å². The summed E-state index contributed by atoms with van der Waals surface area (Å²) in [4.78, 5) is 5.76.